The van der Waals surface area contributed by atoms with Crippen LogP contribution in [0.15, 0.2) is 18.2 Å². The van der Waals surface area contributed by atoms with Gasteiger partial charge in [-0.25, -0.2) is 4.39 Å². The maximum atomic E-state index is 14.0. The highest BCUT2D eigenvalue weighted by Crippen LogP contribution is 2.20. The third kappa shape index (κ3) is 3.08. The van der Waals surface area contributed by atoms with Gasteiger partial charge in [-0.05, 0) is 19.1 Å². The molecule has 0 spiro atoms. The Kier molecular flexibility index (Phi) is 4.92. The summed E-state index contributed by atoms with van der Waals surface area (Å²) in [6.07, 6.45) is -0.197. The smallest absolute Gasteiger partial charge is 0.254 e. The molecule has 1 aromatic rings. The first kappa shape index (κ1) is 14.7. The van der Waals surface area contributed by atoms with E-state index in [9.17, 15) is 9.18 Å². The Hall–Kier alpha value is -1.66. The van der Waals surface area contributed by atoms with Gasteiger partial charge in [0.1, 0.15) is 6.10 Å². The Morgan fingerprint density at radius 3 is 3.00 bits per heavy atom. The van der Waals surface area contributed by atoms with Gasteiger partial charge in [0.05, 0.1) is 31.9 Å². The molecule has 1 saturated heterocycles. The highest BCUT2D eigenvalue weighted by Gasteiger charge is 2.31. The second-order valence-corrected chi connectivity index (χ2v) is 4.43. The molecule has 1 N–H and O–H groups in total. The van der Waals surface area contributed by atoms with Crippen molar-refractivity contribution >= 4 is 5.91 Å². The molecule has 20 heavy (non-hydrogen) atoms. The Bertz CT molecular complexity index is 480. The molecule has 6 heteroatoms. The molecule has 0 unspecified atom stereocenters. The molecule has 1 fully saturated rings. The molecule has 0 aromatic heterocycles. The van der Waals surface area contributed by atoms with Crippen molar-refractivity contribution in [2.45, 2.75) is 19.1 Å². The van der Waals surface area contributed by atoms with E-state index in [0.717, 1.165) is 0 Å². The average Bonchev–Trinajstić information content (AvgIpc) is 2.86. The van der Waals surface area contributed by atoms with Gasteiger partial charge >= 0.3 is 0 Å². The summed E-state index contributed by atoms with van der Waals surface area (Å²) < 4.78 is 29.6. The molecule has 0 radical (unpaired) electrons. The van der Waals surface area contributed by atoms with Crippen molar-refractivity contribution in [2.24, 2.45) is 0 Å². The molecule has 0 saturated carbocycles. The Morgan fingerprint density at radius 1 is 1.50 bits per heavy atom. The number of benzene rings is 1. The zero-order valence-corrected chi connectivity index (χ0v) is 11.5. The number of nitrogens with one attached hydrogen (secondary N) is 1. The van der Waals surface area contributed by atoms with Gasteiger partial charge in [0.2, 0.25) is 0 Å². The molecule has 110 valence electrons. The van der Waals surface area contributed by atoms with Crippen LogP contribution in [0, 0.1) is 5.82 Å². The number of hydrogen-bond donors (Lipinski definition) is 1. The van der Waals surface area contributed by atoms with E-state index in [-0.39, 0.29) is 23.5 Å². The monoisotopic (exact) mass is 283 g/mol. The van der Waals surface area contributed by atoms with E-state index in [2.05, 4.69) is 5.32 Å². The SMILES string of the molecule is CCO[C@H]1COC[C@@H]1NC(=O)c1cccc(OC)c1F. The van der Waals surface area contributed by atoms with Crippen LogP contribution in [0.2, 0.25) is 0 Å². The summed E-state index contributed by atoms with van der Waals surface area (Å²) in [6.45, 7) is 3.20. The van der Waals surface area contributed by atoms with Crippen LogP contribution in [-0.4, -0.2) is 45.0 Å². The van der Waals surface area contributed by atoms with Crippen LogP contribution in [0.3, 0.4) is 0 Å². The third-order valence-electron chi connectivity index (χ3n) is 3.15. The van der Waals surface area contributed by atoms with Gasteiger partial charge in [0.25, 0.3) is 5.91 Å². The number of methoxy groups -OCH3 is 1. The van der Waals surface area contributed by atoms with Crippen molar-refractivity contribution in [1.29, 1.82) is 0 Å². The zero-order chi connectivity index (χ0) is 14.5. The van der Waals surface area contributed by atoms with Crippen LogP contribution >= 0.6 is 0 Å². The number of hydrogen-bond acceptors (Lipinski definition) is 4. The Balaban J connectivity index is 2.08. The van der Waals surface area contributed by atoms with E-state index in [0.29, 0.717) is 19.8 Å². The molecule has 1 heterocycles. The molecular weight excluding hydrogens is 265 g/mol. The van der Waals surface area contributed by atoms with E-state index in [1.54, 1.807) is 6.07 Å². The molecule has 0 bridgehead atoms. The summed E-state index contributed by atoms with van der Waals surface area (Å²) in [7, 11) is 1.36. The number of carbonyl (C=O) groups is 1. The Labute approximate surface area is 117 Å². The fraction of sp³-hybridized carbons (Fsp3) is 0.500. The normalized spacial score (nSPS) is 21.8. The highest BCUT2D eigenvalue weighted by atomic mass is 19.1. The average molecular weight is 283 g/mol. The molecule has 1 aliphatic heterocycles. The maximum absolute atomic E-state index is 14.0. The fourth-order valence-electron chi connectivity index (χ4n) is 2.14. The van der Waals surface area contributed by atoms with Crippen molar-refractivity contribution in [3.8, 4) is 5.75 Å². The quantitative estimate of drug-likeness (QED) is 0.886. The Morgan fingerprint density at radius 2 is 2.30 bits per heavy atom. The van der Waals surface area contributed by atoms with E-state index in [4.69, 9.17) is 14.2 Å². The lowest BCUT2D eigenvalue weighted by Gasteiger charge is -2.19. The highest BCUT2D eigenvalue weighted by molar-refractivity contribution is 5.95. The summed E-state index contributed by atoms with van der Waals surface area (Å²) in [5, 5.41) is 2.74. The first-order valence-electron chi connectivity index (χ1n) is 6.50. The summed E-state index contributed by atoms with van der Waals surface area (Å²) in [4.78, 5) is 12.1. The second-order valence-electron chi connectivity index (χ2n) is 4.43. The van der Waals surface area contributed by atoms with Gasteiger partial charge < -0.3 is 19.5 Å². The van der Waals surface area contributed by atoms with Crippen molar-refractivity contribution in [3.05, 3.63) is 29.6 Å². The predicted octanol–water partition coefficient (Wildman–Crippen LogP) is 1.37. The molecule has 1 amide bonds. The maximum Gasteiger partial charge on any atom is 0.254 e. The van der Waals surface area contributed by atoms with Gasteiger partial charge in [-0.3, -0.25) is 4.79 Å². The molecule has 2 atom stereocenters. The van der Waals surface area contributed by atoms with Gasteiger partial charge in [-0.2, -0.15) is 0 Å². The lowest BCUT2D eigenvalue weighted by atomic mass is 10.1. The van der Waals surface area contributed by atoms with E-state index < -0.39 is 11.7 Å². The lowest BCUT2D eigenvalue weighted by Crippen LogP contribution is -2.44. The first-order valence-corrected chi connectivity index (χ1v) is 6.50. The standard InChI is InChI=1S/C14H18FNO4/c1-3-20-12-8-19-7-10(12)16-14(17)9-5-4-6-11(18-2)13(9)15/h4-6,10,12H,3,7-8H2,1-2H3,(H,16,17)/t10-,12-/m0/s1. The first-order chi connectivity index (χ1) is 9.67. The summed E-state index contributed by atoms with van der Waals surface area (Å²) >= 11 is 0. The van der Waals surface area contributed by atoms with Crippen LogP contribution in [0.4, 0.5) is 4.39 Å². The van der Waals surface area contributed by atoms with Gasteiger partial charge in [0.15, 0.2) is 11.6 Å². The number of rotatable bonds is 5. The van der Waals surface area contributed by atoms with E-state index in [1.165, 1.54) is 19.2 Å². The third-order valence-corrected chi connectivity index (χ3v) is 3.15. The molecular formula is C14H18FNO4. The van der Waals surface area contributed by atoms with Crippen LogP contribution in [0.5, 0.6) is 5.75 Å². The van der Waals surface area contributed by atoms with Crippen molar-refractivity contribution < 1.29 is 23.4 Å². The number of halogens is 1. The minimum Gasteiger partial charge on any atom is -0.494 e. The van der Waals surface area contributed by atoms with Gasteiger partial charge in [0, 0.05) is 6.61 Å². The fourth-order valence-corrected chi connectivity index (χ4v) is 2.14. The van der Waals surface area contributed by atoms with Crippen LogP contribution < -0.4 is 10.1 Å². The van der Waals surface area contributed by atoms with Crippen LogP contribution in [0.25, 0.3) is 0 Å². The largest absolute Gasteiger partial charge is 0.494 e. The topological polar surface area (TPSA) is 56.8 Å². The van der Waals surface area contributed by atoms with Gasteiger partial charge in [-0.1, -0.05) is 6.07 Å². The van der Waals surface area contributed by atoms with Crippen molar-refractivity contribution in [1.82, 2.24) is 5.32 Å². The lowest BCUT2D eigenvalue weighted by molar-refractivity contribution is 0.0402. The van der Waals surface area contributed by atoms with Crippen molar-refractivity contribution in [3.63, 3.8) is 0 Å². The molecule has 5 nitrogen and oxygen atoms in total. The van der Waals surface area contributed by atoms with Crippen LogP contribution in [0.1, 0.15) is 17.3 Å². The zero-order valence-electron chi connectivity index (χ0n) is 11.5. The van der Waals surface area contributed by atoms with Crippen molar-refractivity contribution in [2.75, 3.05) is 26.9 Å². The van der Waals surface area contributed by atoms with E-state index in [1.807, 2.05) is 6.92 Å². The number of ether oxygens (including phenoxy) is 3. The number of amides is 1. The summed E-state index contributed by atoms with van der Waals surface area (Å²) in [5.74, 6) is -1.12. The summed E-state index contributed by atoms with van der Waals surface area (Å²) in [6, 6.07) is 4.18. The minimum absolute atomic E-state index is 0.0432. The minimum atomic E-state index is -0.667. The van der Waals surface area contributed by atoms with E-state index >= 15 is 0 Å². The molecule has 0 aliphatic carbocycles. The number of carbonyl (C=O) groups excluding carboxylic acids is 1. The predicted molar refractivity (Wildman–Crippen MR) is 70.4 cm³/mol. The molecule has 2 rings (SSSR count). The second kappa shape index (κ2) is 6.67. The summed E-state index contributed by atoms with van der Waals surface area (Å²) in [5.41, 5.74) is -0.0495. The molecule has 1 aliphatic rings. The van der Waals surface area contributed by atoms with Crippen LogP contribution in [-0.2, 0) is 9.47 Å². The molecule has 1 aromatic carbocycles. The van der Waals surface area contributed by atoms with Gasteiger partial charge in [-0.15, -0.1) is 0 Å².